The first-order chi connectivity index (χ1) is 15.5. The van der Waals surface area contributed by atoms with Crippen molar-refractivity contribution in [3.8, 4) is 28.4 Å². The van der Waals surface area contributed by atoms with Crippen LogP contribution in [0.5, 0.6) is 11.5 Å². The molecule has 4 aromatic rings. The third-order valence-corrected chi connectivity index (χ3v) is 4.90. The highest BCUT2D eigenvalue weighted by Gasteiger charge is 2.23. The first kappa shape index (κ1) is 21.1. The Bertz CT molecular complexity index is 1230. The van der Waals surface area contributed by atoms with Crippen LogP contribution in [0.4, 0.5) is 0 Å². The second-order valence-corrected chi connectivity index (χ2v) is 7.12. The molecule has 0 bridgehead atoms. The summed E-state index contributed by atoms with van der Waals surface area (Å²) in [5.74, 6) is 1.65. The van der Waals surface area contributed by atoms with Gasteiger partial charge in [0.15, 0.2) is 17.3 Å². The minimum Gasteiger partial charge on any atom is -0.493 e. The van der Waals surface area contributed by atoms with Gasteiger partial charge in [0.2, 0.25) is 5.89 Å². The van der Waals surface area contributed by atoms with Gasteiger partial charge >= 0.3 is 0 Å². The van der Waals surface area contributed by atoms with E-state index in [0.29, 0.717) is 40.0 Å². The van der Waals surface area contributed by atoms with E-state index < -0.39 is 6.04 Å². The number of ether oxygens (including phenoxy) is 2. The Morgan fingerprint density at radius 2 is 1.84 bits per heavy atom. The van der Waals surface area contributed by atoms with Gasteiger partial charge in [-0.1, -0.05) is 23.4 Å². The van der Waals surface area contributed by atoms with Crippen LogP contribution >= 0.6 is 0 Å². The number of hydrogen-bond acceptors (Lipinski definition) is 7. The van der Waals surface area contributed by atoms with Crippen molar-refractivity contribution >= 4 is 5.91 Å². The van der Waals surface area contributed by atoms with Crippen LogP contribution in [0.25, 0.3) is 16.9 Å². The van der Waals surface area contributed by atoms with Gasteiger partial charge in [0, 0.05) is 11.8 Å². The van der Waals surface area contributed by atoms with Crippen molar-refractivity contribution in [1.29, 1.82) is 0 Å². The molecule has 2 aromatic carbocycles. The number of carbonyl (C=O) groups is 1. The molecule has 164 valence electrons. The Morgan fingerprint density at radius 1 is 1.09 bits per heavy atom. The quantitative estimate of drug-likeness (QED) is 0.473. The lowest BCUT2D eigenvalue weighted by Crippen LogP contribution is -2.27. The van der Waals surface area contributed by atoms with E-state index >= 15 is 0 Å². The van der Waals surface area contributed by atoms with Crippen LogP contribution in [0.15, 0.2) is 59.3 Å². The number of methoxy groups -OCH3 is 2. The van der Waals surface area contributed by atoms with E-state index in [4.69, 9.17) is 19.1 Å². The molecule has 0 saturated carbocycles. The zero-order chi connectivity index (χ0) is 22.7. The fourth-order valence-corrected chi connectivity index (χ4v) is 3.27. The molecule has 4 rings (SSSR count). The molecule has 2 heterocycles. The zero-order valence-electron chi connectivity index (χ0n) is 18.2. The Morgan fingerprint density at radius 3 is 2.50 bits per heavy atom. The topological polar surface area (TPSA) is 104 Å². The van der Waals surface area contributed by atoms with Gasteiger partial charge in [-0.25, -0.2) is 4.68 Å². The number of carbonyl (C=O) groups excluding carboxylic acids is 1. The summed E-state index contributed by atoms with van der Waals surface area (Å²) >= 11 is 0. The fourth-order valence-electron chi connectivity index (χ4n) is 3.27. The Kier molecular flexibility index (Phi) is 5.89. The number of nitrogens with zero attached hydrogens (tertiary/aromatic N) is 4. The normalized spacial score (nSPS) is 11.8. The van der Waals surface area contributed by atoms with Crippen LogP contribution in [0.3, 0.4) is 0 Å². The molecule has 0 aliphatic carbocycles. The van der Waals surface area contributed by atoms with Crippen molar-refractivity contribution in [3.05, 3.63) is 72.0 Å². The molecule has 0 aliphatic heterocycles. The largest absolute Gasteiger partial charge is 0.493 e. The third-order valence-electron chi connectivity index (χ3n) is 4.90. The Balaban J connectivity index is 1.75. The maximum atomic E-state index is 13.2. The van der Waals surface area contributed by atoms with E-state index in [-0.39, 0.29) is 5.91 Å². The standard InChI is InChI=1S/C23H23N5O4/c1-14(23-25-15(2)27-32-23)24-22(29)18-13-28(17-8-6-5-7-9-17)26-21(18)16-10-11-19(30-3)20(12-16)31-4/h5-14H,1-4H3,(H,24,29). The van der Waals surface area contributed by atoms with Crippen LogP contribution in [-0.4, -0.2) is 40.0 Å². The van der Waals surface area contributed by atoms with Crippen LogP contribution in [0.1, 0.15) is 35.0 Å². The molecule has 0 radical (unpaired) electrons. The van der Waals surface area contributed by atoms with E-state index in [1.165, 1.54) is 0 Å². The van der Waals surface area contributed by atoms with Crippen molar-refractivity contribution in [2.75, 3.05) is 14.2 Å². The van der Waals surface area contributed by atoms with Gasteiger partial charge in [-0.15, -0.1) is 0 Å². The molecule has 0 saturated heterocycles. The highest BCUT2D eigenvalue weighted by molar-refractivity contribution is 6.00. The third kappa shape index (κ3) is 4.18. The average molecular weight is 433 g/mol. The molecule has 2 aromatic heterocycles. The summed E-state index contributed by atoms with van der Waals surface area (Å²) in [5.41, 5.74) is 2.43. The lowest BCUT2D eigenvalue weighted by Gasteiger charge is -2.11. The smallest absolute Gasteiger partial charge is 0.255 e. The van der Waals surface area contributed by atoms with Gasteiger partial charge in [0.05, 0.1) is 25.5 Å². The van der Waals surface area contributed by atoms with Gasteiger partial charge in [0.1, 0.15) is 11.7 Å². The molecule has 1 atom stereocenters. The second-order valence-electron chi connectivity index (χ2n) is 7.12. The molecule has 0 spiro atoms. The fraction of sp³-hybridized carbons (Fsp3) is 0.217. The van der Waals surface area contributed by atoms with Crippen molar-refractivity contribution in [2.45, 2.75) is 19.9 Å². The van der Waals surface area contributed by atoms with E-state index in [2.05, 4.69) is 15.5 Å². The summed E-state index contributed by atoms with van der Waals surface area (Å²) in [5, 5.41) is 11.4. The summed E-state index contributed by atoms with van der Waals surface area (Å²) in [6.45, 7) is 3.50. The average Bonchev–Trinajstić information content (AvgIpc) is 3.46. The molecular weight excluding hydrogens is 410 g/mol. The van der Waals surface area contributed by atoms with E-state index in [1.54, 1.807) is 51.1 Å². The summed E-state index contributed by atoms with van der Waals surface area (Å²) in [4.78, 5) is 17.4. The van der Waals surface area contributed by atoms with Gasteiger partial charge in [-0.2, -0.15) is 10.1 Å². The SMILES string of the molecule is COc1ccc(-c2nn(-c3ccccc3)cc2C(=O)NC(C)c2nc(C)no2)cc1OC. The molecule has 1 unspecified atom stereocenters. The summed E-state index contributed by atoms with van der Waals surface area (Å²) in [6.07, 6.45) is 1.70. The zero-order valence-corrected chi connectivity index (χ0v) is 18.2. The molecule has 9 heteroatoms. The lowest BCUT2D eigenvalue weighted by atomic mass is 10.1. The molecule has 0 aliphatic rings. The molecule has 9 nitrogen and oxygen atoms in total. The Labute approximate surface area is 185 Å². The predicted molar refractivity (Wildman–Crippen MR) is 117 cm³/mol. The second kappa shape index (κ2) is 8.93. The van der Waals surface area contributed by atoms with Gasteiger partial charge in [-0.3, -0.25) is 4.79 Å². The number of rotatable bonds is 7. The van der Waals surface area contributed by atoms with Crippen molar-refractivity contribution in [1.82, 2.24) is 25.2 Å². The summed E-state index contributed by atoms with van der Waals surface area (Å²) in [7, 11) is 3.13. The highest BCUT2D eigenvalue weighted by atomic mass is 16.5. The van der Waals surface area contributed by atoms with Crippen LogP contribution in [-0.2, 0) is 0 Å². The first-order valence-corrected chi connectivity index (χ1v) is 9.98. The summed E-state index contributed by atoms with van der Waals surface area (Å²) in [6, 6.07) is 14.5. The number of aryl methyl sites for hydroxylation is 1. The van der Waals surface area contributed by atoms with Crippen LogP contribution < -0.4 is 14.8 Å². The van der Waals surface area contributed by atoms with Gasteiger partial charge < -0.3 is 19.3 Å². The van der Waals surface area contributed by atoms with Crippen molar-refractivity contribution in [3.63, 3.8) is 0 Å². The minimum absolute atomic E-state index is 0.319. The van der Waals surface area contributed by atoms with E-state index in [1.807, 2.05) is 36.4 Å². The van der Waals surface area contributed by atoms with Gasteiger partial charge in [-0.05, 0) is 44.2 Å². The van der Waals surface area contributed by atoms with Crippen LogP contribution in [0.2, 0.25) is 0 Å². The number of benzene rings is 2. The lowest BCUT2D eigenvalue weighted by molar-refractivity contribution is 0.0933. The number of para-hydroxylation sites is 1. The maximum Gasteiger partial charge on any atom is 0.255 e. The molecule has 1 amide bonds. The van der Waals surface area contributed by atoms with Crippen molar-refractivity contribution in [2.24, 2.45) is 0 Å². The monoisotopic (exact) mass is 433 g/mol. The maximum absolute atomic E-state index is 13.2. The Hall–Kier alpha value is -4.14. The van der Waals surface area contributed by atoms with Gasteiger partial charge in [0.25, 0.3) is 5.91 Å². The van der Waals surface area contributed by atoms with Crippen molar-refractivity contribution < 1.29 is 18.8 Å². The van der Waals surface area contributed by atoms with E-state index in [9.17, 15) is 4.79 Å². The first-order valence-electron chi connectivity index (χ1n) is 9.98. The number of nitrogens with one attached hydrogen (secondary N) is 1. The molecule has 0 fully saturated rings. The number of aromatic nitrogens is 4. The predicted octanol–water partition coefficient (Wildman–Crippen LogP) is 3.74. The molecular formula is C23H23N5O4. The van der Waals surface area contributed by atoms with E-state index in [0.717, 1.165) is 5.69 Å². The minimum atomic E-state index is -0.470. The highest BCUT2D eigenvalue weighted by Crippen LogP contribution is 2.33. The molecule has 32 heavy (non-hydrogen) atoms. The molecule has 1 N–H and O–H groups in total. The van der Waals surface area contributed by atoms with Crippen LogP contribution in [0, 0.1) is 6.92 Å². The number of hydrogen-bond donors (Lipinski definition) is 1. The summed E-state index contributed by atoms with van der Waals surface area (Å²) < 4.78 is 17.6. The number of amides is 1.